The lowest BCUT2D eigenvalue weighted by atomic mass is 9.93. The summed E-state index contributed by atoms with van der Waals surface area (Å²) in [5.41, 5.74) is 0. The summed E-state index contributed by atoms with van der Waals surface area (Å²) in [6, 6.07) is -0.00484. The van der Waals surface area contributed by atoms with Crippen LogP contribution in [0.3, 0.4) is 0 Å². The molecule has 0 aromatic carbocycles. The maximum atomic E-state index is 12.2. The minimum Gasteiger partial charge on any atom is -0.481 e. The van der Waals surface area contributed by atoms with Crippen LogP contribution in [0.4, 0.5) is 0 Å². The fourth-order valence-corrected chi connectivity index (χ4v) is 2.89. The smallest absolute Gasteiger partial charge is 0.303 e. The van der Waals surface area contributed by atoms with Crippen LogP contribution >= 0.6 is 0 Å². The van der Waals surface area contributed by atoms with Gasteiger partial charge in [0.2, 0.25) is 5.91 Å². The Labute approximate surface area is 108 Å². The first-order valence-corrected chi connectivity index (χ1v) is 6.91. The molecule has 2 rings (SSSR count). The van der Waals surface area contributed by atoms with Crippen LogP contribution in [0.1, 0.15) is 38.5 Å². The van der Waals surface area contributed by atoms with E-state index in [0.29, 0.717) is 0 Å². The number of rotatable bonds is 3. The minimum atomic E-state index is -0.728. The lowest BCUT2D eigenvalue weighted by molar-refractivity contribution is -0.139. The molecule has 2 heterocycles. The molecule has 0 aromatic heterocycles. The highest BCUT2D eigenvalue weighted by Gasteiger charge is 2.29. The number of aliphatic carboxylic acids is 1. The Kier molecular flexibility index (Phi) is 4.58. The Morgan fingerprint density at radius 3 is 2.44 bits per heavy atom. The van der Waals surface area contributed by atoms with E-state index in [1.54, 1.807) is 0 Å². The fourth-order valence-electron chi connectivity index (χ4n) is 2.89. The maximum absolute atomic E-state index is 12.2. The Balaban J connectivity index is 1.78. The second-order valence-electron chi connectivity index (χ2n) is 5.37. The number of carboxylic acids is 1. The predicted octanol–water partition coefficient (Wildman–Crippen LogP) is 0.842. The summed E-state index contributed by atoms with van der Waals surface area (Å²) in [5.74, 6) is -0.275. The second-order valence-corrected chi connectivity index (χ2v) is 5.37. The van der Waals surface area contributed by atoms with Crippen molar-refractivity contribution in [1.82, 2.24) is 10.2 Å². The normalized spacial score (nSPS) is 26.0. The van der Waals surface area contributed by atoms with Gasteiger partial charge in [0.15, 0.2) is 0 Å². The van der Waals surface area contributed by atoms with E-state index in [9.17, 15) is 9.59 Å². The summed E-state index contributed by atoms with van der Waals surface area (Å²) in [5, 5.41) is 12.0. The van der Waals surface area contributed by atoms with Crippen molar-refractivity contribution in [3.05, 3.63) is 0 Å². The molecule has 5 heteroatoms. The molecule has 2 aliphatic rings. The molecule has 0 aromatic rings. The van der Waals surface area contributed by atoms with Gasteiger partial charge in [-0.15, -0.1) is 0 Å². The molecule has 0 saturated carbocycles. The summed E-state index contributed by atoms with van der Waals surface area (Å²) in [6.07, 6.45) is 5.11. The molecule has 1 atom stereocenters. The molecule has 18 heavy (non-hydrogen) atoms. The van der Waals surface area contributed by atoms with Crippen LogP contribution in [0.15, 0.2) is 0 Å². The third-order valence-electron chi connectivity index (χ3n) is 4.00. The fraction of sp³-hybridized carbons (Fsp3) is 0.846. The summed E-state index contributed by atoms with van der Waals surface area (Å²) >= 11 is 0. The van der Waals surface area contributed by atoms with Gasteiger partial charge in [-0.3, -0.25) is 9.59 Å². The maximum Gasteiger partial charge on any atom is 0.303 e. The van der Waals surface area contributed by atoms with Gasteiger partial charge in [-0.1, -0.05) is 6.42 Å². The summed E-state index contributed by atoms with van der Waals surface area (Å²) in [7, 11) is 0. The van der Waals surface area contributed by atoms with Crippen molar-refractivity contribution in [3.8, 4) is 0 Å². The topological polar surface area (TPSA) is 69.6 Å². The Morgan fingerprint density at radius 1 is 1.17 bits per heavy atom. The Bertz CT molecular complexity index is 305. The molecular weight excluding hydrogens is 232 g/mol. The standard InChI is InChI=1S/C13H22N2O3/c16-12(17)9-10-4-7-15(8-5-10)13(18)11-3-1-2-6-14-11/h10-11,14H,1-9H2,(H,16,17)/t11-/m1/s1. The van der Waals surface area contributed by atoms with Gasteiger partial charge >= 0.3 is 5.97 Å². The average Bonchev–Trinajstić information content (AvgIpc) is 2.39. The molecule has 0 radical (unpaired) electrons. The second kappa shape index (κ2) is 6.18. The third-order valence-corrected chi connectivity index (χ3v) is 4.00. The Morgan fingerprint density at radius 2 is 1.89 bits per heavy atom. The molecule has 1 amide bonds. The molecule has 0 unspecified atom stereocenters. The average molecular weight is 254 g/mol. The monoisotopic (exact) mass is 254 g/mol. The van der Waals surface area contributed by atoms with Gasteiger partial charge < -0.3 is 15.3 Å². The lowest BCUT2D eigenvalue weighted by Crippen LogP contribution is -2.50. The number of nitrogens with one attached hydrogen (secondary N) is 1. The van der Waals surface area contributed by atoms with Crippen molar-refractivity contribution in [2.75, 3.05) is 19.6 Å². The van der Waals surface area contributed by atoms with Crippen molar-refractivity contribution < 1.29 is 14.7 Å². The number of piperidine rings is 2. The van der Waals surface area contributed by atoms with Crippen molar-refractivity contribution in [2.24, 2.45) is 5.92 Å². The number of likely N-dealkylation sites (tertiary alicyclic amines) is 1. The van der Waals surface area contributed by atoms with E-state index in [4.69, 9.17) is 5.11 Å². The van der Waals surface area contributed by atoms with Crippen LogP contribution in [0.25, 0.3) is 0 Å². The van der Waals surface area contributed by atoms with E-state index in [2.05, 4.69) is 5.32 Å². The van der Waals surface area contributed by atoms with Gasteiger partial charge in [0.25, 0.3) is 0 Å². The molecule has 2 aliphatic heterocycles. The first-order chi connectivity index (χ1) is 8.66. The number of hydrogen-bond donors (Lipinski definition) is 2. The zero-order chi connectivity index (χ0) is 13.0. The molecule has 0 aliphatic carbocycles. The summed E-state index contributed by atoms with van der Waals surface area (Å²) in [4.78, 5) is 24.8. The number of carboxylic acid groups (broad SMARTS) is 1. The van der Waals surface area contributed by atoms with Crippen LogP contribution in [-0.4, -0.2) is 47.6 Å². The van der Waals surface area contributed by atoms with Crippen molar-refractivity contribution in [1.29, 1.82) is 0 Å². The molecule has 5 nitrogen and oxygen atoms in total. The Hall–Kier alpha value is -1.10. The van der Waals surface area contributed by atoms with Gasteiger partial charge in [0, 0.05) is 19.5 Å². The van der Waals surface area contributed by atoms with Gasteiger partial charge in [0.1, 0.15) is 0 Å². The first-order valence-electron chi connectivity index (χ1n) is 6.91. The molecule has 0 bridgehead atoms. The number of amides is 1. The molecule has 102 valence electrons. The highest BCUT2D eigenvalue weighted by molar-refractivity contribution is 5.82. The zero-order valence-electron chi connectivity index (χ0n) is 10.7. The quantitative estimate of drug-likeness (QED) is 0.783. The van der Waals surface area contributed by atoms with E-state index in [-0.39, 0.29) is 24.3 Å². The van der Waals surface area contributed by atoms with E-state index >= 15 is 0 Å². The van der Waals surface area contributed by atoms with Crippen molar-refractivity contribution in [3.63, 3.8) is 0 Å². The van der Waals surface area contributed by atoms with Crippen LogP contribution in [-0.2, 0) is 9.59 Å². The molecule has 2 N–H and O–H groups in total. The lowest BCUT2D eigenvalue weighted by Gasteiger charge is -2.35. The zero-order valence-corrected chi connectivity index (χ0v) is 10.7. The summed E-state index contributed by atoms with van der Waals surface area (Å²) in [6.45, 7) is 2.37. The van der Waals surface area contributed by atoms with Gasteiger partial charge in [-0.25, -0.2) is 0 Å². The van der Waals surface area contributed by atoms with Crippen LogP contribution < -0.4 is 5.32 Å². The van der Waals surface area contributed by atoms with E-state index < -0.39 is 5.97 Å². The predicted molar refractivity (Wildman–Crippen MR) is 67.2 cm³/mol. The highest BCUT2D eigenvalue weighted by atomic mass is 16.4. The van der Waals surface area contributed by atoms with Crippen LogP contribution in [0.5, 0.6) is 0 Å². The number of carbonyl (C=O) groups excluding carboxylic acids is 1. The van der Waals surface area contributed by atoms with E-state index in [1.807, 2.05) is 4.90 Å². The SMILES string of the molecule is O=C(O)CC1CCN(C(=O)[C@H]2CCCCN2)CC1. The molecule has 2 fully saturated rings. The molecule has 2 saturated heterocycles. The van der Waals surface area contributed by atoms with Crippen LogP contribution in [0, 0.1) is 5.92 Å². The largest absolute Gasteiger partial charge is 0.481 e. The van der Waals surface area contributed by atoms with Gasteiger partial charge in [-0.05, 0) is 38.1 Å². The highest BCUT2D eigenvalue weighted by Crippen LogP contribution is 2.21. The number of nitrogens with zero attached hydrogens (tertiary/aromatic N) is 1. The van der Waals surface area contributed by atoms with Gasteiger partial charge in [-0.2, -0.15) is 0 Å². The van der Waals surface area contributed by atoms with E-state index in [0.717, 1.165) is 51.7 Å². The minimum absolute atomic E-state index is 0.00484. The number of carbonyl (C=O) groups is 2. The van der Waals surface area contributed by atoms with E-state index in [1.165, 1.54) is 0 Å². The first kappa shape index (κ1) is 13.3. The molecule has 0 spiro atoms. The van der Waals surface area contributed by atoms with Crippen LogP contribution in [0.2, 0.25) is 0 Å². The third kappa shape index (κ3) is 3.45. The van der Waals surface area contributed by atoms with Crippen molar-refractivity contribution in [2.45, 2.75) is 44.6 Å². The number of hydrogen-bond acceptors (Lipinski definition) is 3. The summed E-state index contributed by atoms with van der Waals surface area (Å²) < 4.78 is 0. The molecular formula is C13H22N2O3. The van der Waals surface area contributed by atoms with Crippen molar-refractivity contribution >= 4 is 11.9 Å². The van der Waals surface area contributed by atoms with Gasteiger partial charge in [0.05, 0.1) is 6.04 Å².